The van der Waals surface area contributed by atoms with Crippen LogP contribution in [0.25, 0.3) is 0 Å². The maximum absolute atomic E-state index is 12.7. The average molecular weight is 358 g/mol. The summed E-state index contributed by atoms with van der Waals surface area (Å²) >= 11 is 0. The third-order valence-corrected chi connectivity index (χ3v) is 4.62. The lowest BCUT2D eigenvalue weighted by Crippen LogP contribution is -2.56. The second-order valence-electron chi connectivity index (χ2n) is 5.61. The molecule has 0 radical (unpaired) electrons. The van der Waals surface area contributed by atoms with Crippen LogP contribution >= 0.6 is 0 Å². The van der Waals surface area contributed by atoms with Gasteiger partial charge in [-0.05, 0) is 13.8 Å². The van der Waals surface area contributed by atoms with Crippen LogP contribution in [0, 0.1) is 0 Å². The number of nitrogens with one attached hydrogen (secondary N) is 1. The minimum absolute atomic E-state index is 0.0486. The first-order chi connectivity index (χ1) is 10.5. The molecule has 0 spiro atoms. The molecule has 1 saturated heterocycles. The first-order valence-corrected chi connectivity index (χ1v) is 9.62. The van der Waals surface area contributed by atoms with Crippen molar-refractivity contribution < 1.29 is 21.6 Å². The average Bonchev–Trinajstić information content (AvgIpc) is 2.43. The van der Waals surface area contributed by atoms with Gasteiger partial charge < -0.3 is 10.2 Å². The summed E-state index contributed by atoms with van der Waals surface area (Å²) < 4.78 is 60.5. The van der Waals surface area contributed by atoms with Gasteiger partial charge in [0, 0.05) is 39.0 Å². The van der Waals surface area contributed by atoms with Crippen molar-refractivity contribution in [2.24, 2.45) is 4.99 Å². The van der Waals surface area contributed by atoms with Crippen molar-refractivity contribution in [2.45, 2.75) is 26.1 Å². The molecule has 136 valence electrons. The SMILES string of the molecule is CCNC(=NCCS(C)(=O)=O)N1CCN(C(C)C(F)(F)F)CC1. The molecular formula is C13H25F3N4O2S. The lowest BCUT2D eigenvalue weighted by atomic mass is 10.2. The molecule has 1 fully saturated rings. The Morgan fingerprint density at radius 1 is 1.26 bits per heavy atom. The smallest absolute Gasteiger partial charge is 0.357 e. The minimum Gasteiger partial charge on any atom is -0.357 e. The van der Waals surface area contributed by atoms with Crippen LogP contribution in [0.15, 0.2) is 4.99 Å². The third kappa shape index (κ3) is 6.94. The molecule has 6 nitrogen and oxygen atoms in total. The molecule has 23 heavy (non-hydrogen) atoms. The van der Waals surface area contributed by atoms with Gasteiger partial charge in [0.15, 0.2) is 5.96 Å². The Kier molecular flexibility index (Phi) is 7.12. The quantitative estimate of drug-likeness (QED) is 0.575. The maximum Gasteiger partial charge on any atom is 0.403 e. The van der Waals surface area contributed by atoms with Crippen molar-refractivity contribution in [3.8, 4) is 0 Å². The highest BCUT2D eigenvalue weighted by Gasteiger charge is 2.41. The van der Waals surface area contributed by atoms with Crippen LogP contribution < -0.4 is 5.32 Å². The number of hydrogen-bond donors (Lipinski definition) is 1. The lowest BCUT2D eigenvalue weighted by molar-refractivity contribution is -0.181. The van der Waals surface area contributed by atoms with E-state index in [-0.39, 0.29) is 25.4 Å². The number of guanidine groups is 1. The summed E-state index contributed by atoms with van der Waals surface area (Å²) in [6.07, 6.45) is -3.08. The molecular weight excluding hydrogens is 333 g/mol. The van der Waals surface area contributed by atoms with Crippen LogP contribution in [0.4, 0.5) is 13.2 Å². The monoisotopic (exact) mass is 358 g/mol. The molecule has 0 amide bonds. The predicted molar refractivity (Wildman–Crippen MR) is 84.4 cm³/mol. The van der Waals surface area contributed by atoms with Crippen LogP contribution in [-0.2, 0) is 9.84 Å². The number of halogens is 3. The molecule has 0 saturated carbocycles. The van der Waals surface area contributed by atoms with Crippen molar-refractivity contribution >= 4 is 15.8 Å². The molecule has 1 atom stereocenters. The fraction of sp³-hybridized carbons (Fsp3) is 0.923. The maximum atomic E-state index is 12.7. The van der Waals surface area contributed by atoms with Crippen molar-refractivity contribution in [3.63, 3.8) is 0 Å². The summed E-state index contributed by atoms with van der Waals surface area (Å²) in [7, 11) is -3.09. The molecule has 1 unspecified atom stereocenters. The molecule has 1 N–H and O–H groups in total. The topological polar surface area (TPSA) is 65.0 Å². The van der Waals surface area contributed by atoms with Gasteiger partial charge in [-0.3, -0.25) is 9.89 Å². The summed E-state index contributed by atoms with van der Waals surface area (Å²) in [5, 5.41) is 3.05. The van der Waals surface area contributed by atoms with Crippen molar-refractivity contribution in [1.82, 2.24) is 15.1 Å². The Balaban J connectivity index is 2.62. The molecule has 1 heterocycles. The van der Waals surface area contributed by atoms with Crippen molar-refractivity contribution in [2.75, 3.05) is 51.3 Å². The van der Waals surface area contributed by atoms with E-state index >= 15 is 0 Å². The molecule has 0 aromatic carbocycles. The van der Waals surface area contributed by atoms with E-state index in [1.807, 2.05) is 11.8 Å². The minimum atomic E-state index is -4.23. The fourth-order valence-corrected chi connectivity index (χ4v) is 2.69. The molecule has 0 aromatic rings. The zero-order valence-corrected chi connectivity index (χ0v) is 14.5. The molecule has 0 bridgehead atoms. The van der Waals surface area contributed by atoms with E-state index < -0.39 is 22.1 Å². The number of alkyl halides is 3. The number of piperazine rings is 1. The zero-order chi connectivity index (χ0) is 17.7. The predicted octanol–water partition coefficient (Wildman–Crippen LogP) is 0.565. The van der Waals surface area contributed by atoms with Gasteiger partial charge in [0.1, 0.15) is 15.9 Å². The molecule has 1 aliphatic heterocycles. The van der Waals surface area contributed by atoms with Gasteiger partial charge in [0.05, 0.1) is 12.3 Å². The molecule has 0 aliphatic carbocycles. The molecule has 10 heteroatoms. The van der Waals surface area contributed by atoms with E-state index in [0.29, 0.717) is 25.6 Å². The van der Waals surface area contributed by atoms with Crippen LogP contribution in [0.3, 0.4) is 0 Å². The second-order valence-corrected chi connectivity index (χ2v) is 7.87. The van der Waals surface area contributed by atoms with Gasteiger partial charge in [0.2, 0.25) is 0 Å². The summed E-state index contributed by atoms with van der Waals surface area (Å²) in [6, 6.07) is -1.46. The van der Waals surface area contributed by atoms with Gasteiger partial charge in [-0.15, -0.1) is 0 Å². The summed E-state index contributed by atoms with van der Waals surface area (Å²) in [6.45, 7) is 5.22. The zero-order valence-electron chi connectivity index (χ0n) is 13.7. The van der Waals surface area contributed by atoms with Gasteiger partial charge in [-0.2, -0.15) is 13.2 Å². The van der Waals surface area contributed by atoms with E-state index in [0.717, 1.165) is 6.26 Å². The van der Waals surface area contributed by atoms with E-state index in [1.54, 1.807) is 0 Å². The number of aliphatic imine (C=N–C) groups is 1. The van der Waals surface area contributed by atoms with Gasteiger partial charge in [-0.25, -0.2) is 8.42 Å². The Morgan fingerprint density at radius 2 is 1.83 bits per heavy atom. The number of sulfone groups is 1. The molecule has 1 rings (SSSR count). The van der Waals surface area contributed by atoms with Crippen LogP contribution in [0.5, 0.6) is 0 Å². The second kappa shape index (κ2) is 8.18. The van der Waals surface area contributed by atoms with Crippen LogP contribution in [0.1, 0.15) is 13.8 Å². The Hall–Kier alpha value is -1.03. The Bertz CT molecular complexity index is 500. The normalized spacial score (nSPS) is 19.7. The van der Waals surface area contributed by atoms with E-state index in [1.165, 1.54) is 11.8 Å². The highest BCUT2D eigenvalue weighted by Crippen LogP contribution is 2.25. The van der Waals surface area contributed by atoms with Gasteiger partial charge >= 0.3 is 6.18 Å². The van der Waals surface area contributed by atoms with Gasteiger partial charge in [0.25, 0.3) is 0 Å². The van der Waals surface area contributed by atoms with E-state index in [4.69, 9.17) is 0 Å². The standard InChI is InChI=1S/C13H25F3N4O2S/c1-4-17-12(18-5-10-23(3,21)22)20-8-6-19(7-9-20)11(2)13(14,15)16/h11H,4-10H2,1-3H3,(H,17,18). The number of nitrogens with zero attached hydrogens (tertiary/aromatic N) is 3. The van der Waals surface area contributed by atoms with Crippen molar-refractivity contribution in [1.29, 1.82) is 0 Å². The molecule has 1 aliphatic rings. The summed E-state index contributed by atoms with van der Waals surface area (Å²) in [4.78, 5) is 7.52. The van der Waals surface area contributed by atoms with Crippen molar-refractivity contribution in [3.05, 3.63) is 0 Å². The summed E-state index contributed by atoms with van der Waals surface area (Å²) in [5.41, 5.74) is 0. The summed E-state index contributed by atoms with van der Waals surface area (Å²) in [5.74, 6) is 0.503. The Morgan fingerprint density at radius 3 is 2.26 bits per heavy atom. The first-order valence-electron chi connectivity index (χ1n) is 7.56. The van der Waals surface area contributed by atoms with Gasteiger partial charge in [-0.1, -0.05) is 0 Å². The Labute approximate surface area is 135 Å². The van der Waals surface area contributed by atoms with Crippen LogP contribution in [-0.4, -0.2) is 87.7 Å². The highest BCUT2D eigenvalue weighted by molar-refractivity contribution is 7.90. The third-order valence-electron chi connectivity index (χ3n) is 3.69. The first kappa shape index (κ1) is 20.0. The van der Waals surface area contributed by atoms with Crippen LogP contribution in [0.2, 0.25) is 0 Å². The number of rotatable bonds is 5. The number of hydrogen-bond acceptors (Lipinski definition) is 4. The fourth-order valence-electron chi connectivity index (χ4n) is 2.27. The highest BCUT2D eigenvalue weighted by atomic mass is 32.2. The van der Waals surface area contributed by atoms with E-state index in [9.17, 15) is 21.6 Å². The lowest BCUT2D eigenvalue weighted by Gasteiger charge is -2.39. The largest absolute Gasteiger partial charge is 0.403 e. The molecule has 0 aromatic heterocycles. The van der Waals surface area contributed by atoms with E-state index in [2.05, 4.69) is 10.3 Å².